The number of benzene rings is 1. The highest BCUT2D eigenvalue weighted by Gasteiger charge is 2.18. The van der Waals surface area contributed by atoms with E-state index in [4.69, 9.17) is 4.42 Å². The van der Waals surface area contributed by atoms with Crippen LogP contribution in [0.25, 0.3) is 0 Å². The van der Waals surface area contributed by atoms with Gasteiger partial charge in [0.2, 0.25) is 0 Å². The maximum Gasteiger partial charge on any atom is 0.256 e. The van der Waals surface area contributed by atoms with Crippen molar-refractivity contribution in [1.29, 1.82) is 0 Å². The summed E-state index contributed by atoms with van der Waals surface area (Å²) in [6.45, 7) is 5.73. The van der Waals surface area contributed by atoms with Crippen molar-refractivity contribution in [2.75, 3.05) is 0 Å². The van der Waals surface area contributed by atoms with E-state index in [1.165, 1.54) is 11.8 Å². The first kappa shape index (κ1) is 12.9. The molecule has 0 aliphatic rings. The highest BCUT2D eigenvalue weighted by Crippen LogP contribution is 2.24. The number of thioether (sulfide) groups is 1. The Labute approximate surface area is 111 Å². The molecule has 1 unspecified atom stereocenters. The number of hydrogen-bond donors (Lipinski definition) is 0. The highest BCUT2D eigenvalue weighted by atomic mass is 32.2. The lowest BCUT2D eigenvalue weighted by Crippen LogP contribution is -2.13. The number of carbonyl (C=O) groups is 1. The van der Waals surface area contributed by atoms with E-state index in [9.17, 15) is 4.79 Å². The predicted molar refractivity (Wildman–Crippen MR) is 72.1 cm³/mol. The van der Waals surface area contributed by atoms with Crippen molar-refractivity contribution in [2.45, 2.75) is 31.2 Å². The van der Waals surface area contributed by atoms with Crippen molar-refractivity contribution in [1.82, 2.24) is 4.98 Å². The van der Waals surface area contributed by atoms with E-state index in [-0.39, 0.29) is 11.0 Å². The maximum atomic E-state index is 12.2. The molecule has 0 bridgehead atoms. The fraction of sp³-hybridized carbons (Fsp3) is 0.286. The summed E-state index contributed by atoms with van der Waals surface area (Å²) in [6, 6.07) is 7.60. The first-order valence-corrected chi connectivity index (χ1v) is 6.64. The quantitative estimate of drug-likeness (QED) is 0.622. The van der Waals surface area contributed by atoms with E-state index in [0.29, 0.717) is 5.22 Å². The molecule has 0 amide bonds. The molecular formula is C14H15NO2S. The number of carbonyl (C=O) groups excluding carboxylic acids is 1. The zero-order chi connectivity index (χ0) is 13.1. The third kappa shape index (κ3) is 3.01. The van der Waals surface area contributed by atoms with Crippen LogP contribution in [-0.4, -0.2) is 16.0 Å². The lowest BCUT2D eigenvalue weighted by molar-refractivity contribution is 0.0993. The SMILES string of the molecule is Cc1ccc(C(=O)C(C)Sc2nc(C)co2)cc1. The molecule has 18 heavy (non-hydrogen) atoms. The summed E-state index contributed by atoms with van der Waals surface area (Å²) in [5, 5.41) is 0.339. The number of Topliss-reactive ketones (excluding diaryl/α,β-unsaturated/α-hetero) is 1. The molecule has 1 heterocycles. The average Bonchev–Trinajstić information content (AvgIpc) is 2.75. The summed E-state index contributed by atoms with van der Waals surface area (Å²) in [4.78, 5) is 16.4. The zero-order valence-corrected chi connectivity index (χ0v) is 11.5. The van der Waals surface area contributed by atoms with Gasteiger partial charge in [-0.2, -0.15) is 0 Å². The Balaban J connectivity index is 2.07. The Morgan fingerprint density at radius 2 is 1.94 bits per heavy atom. The molecule has 4 heteroatoms. The minimum Gasteiger partial charge on any atom is -0.440 e. The molecule has 0 aliphatic heterocycles. The van der Waals surface area contributed by atoms with Crippen LogP contribution in [0, 0.1) is 13.8 Å². The van der Waals surface area contributed by atoms with Crippen LogP contribution in [0.1, 0.15) is 28.5 Å². The summed E-state index contributed by atoms with van der Waals surface area (Å²) in [5.41, 5.74) is 2.70. The van der Waals surface area contributed by atoms with Crippen LogP contribution >= 0.6 is 11.8 Å². The number of ketones is 1. The number of hydrogen-bond acceptors (Lipinski definition) is 4. The lowest BCUT2D eigenvalue weighted by Gasteiger charge is -2.07. The minimum absolute atomic E-state index is 0.0934. The molecule has 1 aromatic heterocycles. The first-order valence-electron chi connectivity index (χ1n) is 5.76. The second-order valence-electron chi connectivity index (χ2n) is 4.25. The van der Waals surface area contributed by atoms with Gasteiger partial charge in [0.1, 0.15) is 6.26 Å². The van der Waals surface area contributed by atoms with Crippen LogP contribution in [0.3, 0.4) is 0 Å². The van der Waals surface area contributed by atoms with Crippen molar-refractivity contribution in [3.63, 3.8) is 0 Å². The molecule has 0 N–H and O–H groups in total. The van der Waals surface area contributed by atoms with Crippen LogP contribution in [0.15, 0.2) is 40.2 Å². The largest absolute Gasteiger partial charge is 0.440 e. The summed E-state index contributed by atoms with van der Waals surface area (Å²) in [7, 11) is 0. The Morgan fingerprint density at radius 1 is 1.28 bits per heavy atom. The monoisotopic (exact) mass is 261 g/mol. The molecule has 0 saturated heterocycles. The fourth-order valence-corrected chi connectivity index (χ4v) is 2.39. The van der Waals surface area contributed by atoms with Crippen LogP contribution < -0.4 is 0 Å². The van der Waals surface area contributed by atoms with Crippen molar-refractivity contribution < 1.29 is 9.21 Å². The van der Waals surface area contributed by atoms with Crippen LogP contribution in [0.4, 0.5) is 0 Å². The third-order valence-electron chi connectivity index (χ3n) is 2.58. The molecule has 0 radical (unpaired) electrons. The Morgan fingerprint density at radius 3 is 2.50 bits per heavy atom. The number of nitrogens with zero attached hydrogens (tertiary/aromatic N) is 1. The number of aromatic nitrogens is 1. The van der Waals surface area contributed by atoms with Crippen molar-refractivity contribution in [2.24, 2.45) is 0 Å². The van der Waals surface area contributed by atoms with Gasteiger partial charge in [-0.25, -0.2) is 4.98 Å². The summed E-state index contributed by atoms with van der Waals surface area (Å²) in [6.07, 6.45) is 1.59. The van der Waals surface area contributed by atoms with Gasteiger partial charge in [-0.3, -0.25) is 4.79 Å². The standard InChI is InChI=1S/C14H15NO2S/c1-9-4-6-12(7-5-9)13(16)11(3)18-14-15-10(2)8-17-14/h4-8,11H,1-3H3. The summed E-state index contributed by atoms with van der Waals surface area (Å²) in [5.74, 6) is 0.0934. The minimum atomic E-state index is -0.203. The van der Waals surface area contributed by atoms with Gasteiger partial charge in [0.15, 0.2) is 5.78 Å². The molecule has 0 saturated carbocycles. The van der Waals surface area contributed by atoms with Gasteiger partial charge in [-0.15, -0.1) is 0 Å². The van der Waals surface area contributed by atoms with Gasteiger partial charge in [0, 0.05) is 5.56 Å². The summed E-state index contributed by atoms with van der Waals surface area (Å²) >= 11 is 1.34. The smallest absolute Gasteiger partial charge is 0.256 e. The molecule has 0 aliphatic carbocycles. The van der Waals surface area contributed by atoms with Gasteiger partial charge in [-0.1, -0.05) is 41.6 Å². The van der Waals surface area contributed by atoms with E-state index in [1.54, 1.807) is 6.26 Å². The van der Waals surface area contributed by atoms with Crippen molar-refractivity contribution >= 4 is 17.5 Å². The second-order valence-corrected chi connectivity index (χ2v) is 5.54. The van der Waals surface area contributed by atoms with Crippen LogP contribution in [0.2, 0.25) is 0 Å². The highest BCUT2D eigenvalue weighted by molar-refractivity contribution is 8.00. The van der Waals surface area contributed by atoms with Crippen molar-refractivity contribution in [3.05, 3.63) is 47.3 Å². The Bertz CT molecular complexity index is 545. The van der Waals surface area contributed by atoms with Gasteiger partial charge < -0.3 is 4.42 Å². The first-order chi connectivity index (χ1) is 8.56. The van der Waals surface area contributed by atoms with Crippen molar-refractivity contribution in [3.8, 4) is 0 Å². The van der Waals surface area contributed by atoms with Gasteiger partial charge in [0.05, 0.1) is 10.9 Å². The molecule has 94 valence electrons. The van der Waals surface area contributed by atoms with Gasteiger partial charge >= 0.3 is 0 Å². The van der Waals surface area contributed by atoms with E-state index in [1.807, 2.05) is 45.0 Å². The van der Waals surface area contributed by atoms with Crippen LogP contribution in [-0.2, 0) is 0 Å². The number of aryl methyl sites for hydroxylation is 2. The van der Waals surface area contributed by atoms with Crippen LogP contribution in [0.5, 0.6) is 0 Å². The zero-order valence-electron chi connectivity index (χ0n) is 10.6. The number of rotatable bonds is 4. The topological polar surface area (TPSA) is 43.1 Å². The maximum absolute atomic E-state index is 12.2. The van der Waals surface area contributed by atoms with E-state index < -0.39 is 0 Å². The third-order valence-corrected chi connectivity index (χ3v) is 3.54. The average molecular weight is 261 g/mol. The second kappa shape index (κ2) is 5.40. The Kier molecular flexibility index (Phi) is 3.87. The molecular weight excluding hydrogens is 246 g/mol. The Hall–Kier alpha value is -1.55. The molecule has 1 aromatic carbocycles. The predicted octanol–water partition coefficient (Wildman–Crippen LogP) is 3.65. The molecule has 1 atom stereocenters. The molecule has 2 rings (SSSR count). The van der Waals surface area contributed by atoms with E-state index in [0.717, 1.165) is 16.8 Å². The van der Waals surface area contributed by atoms with E-state index >= 15 is 0 Å². The lowest BCUT2D eigenvalue weighted by atomic mass is 10.1. The molecule has 2 aromatic rings. The number of oxazole rings is 1. The molecule has 3 nitrogen and oxygen atoms in total. The van der Waals surface area contributed by atoms with E-state index in [2.05, 4.69) is 4.98 Å². The fourth-order valence-electron chi connectivity index (χ4n) is 1.54. The van der Waals surface area contributed by atoms with Gasteiger partial charge in [-0.05, 0) is 20.8 Å². The molecule has 0 fully saturated rings. The summed E-state index contributed by atoms with van der Waals surface area (Å²) < 4.78 is 5.24. The normalized spacial score (nSPS) is 12.4. The van der Waals surface area contributed by atoms with Gasteiger partial charge in [0.25, 0.3) is 5.22 Å². The molecule has 0 spiro atoms.